The van der Waals surface area contributed by atoms with Crippen LogP contribution in [-0.2, 0) is 0 Å². The molecule has 3 heteroatoms. The Morgan fingerprint density at radius 1 is 1.29 bits per heavy atom. The van der Waals surface area contributed by atoms with E-state index in [9.17, 15) is 0 Å². The number of hydrogen-bond acceptors (Lipinski definition) is 3. The number of likely N-dealkylation sites (tertiary alicyclic amines) is 1. The number of nitrogens with one attached hydrogen (secondary N) is 1. The zero-order valence-corrected chi connectivity index (χ0v) is 13.3. The van der Waals surface area contributed by atoms with Crippen LogP contribution in [0, 0.1) is 0 Å². The lowest BCUT2D eigenvalue weighted by molar-refractivity contribution is 0.219. The van der Waals surface area contributed by atoms with Gasteiger partial charge >= 0.3 is 0 Å². The van der Waals surface area contributed by atoms with Gasteiger partial charge in [-0.05, 0) is 69.3 Å². The van der Waals surface area contributed by atoms with Crippen molar-refractivity contribution < 1.29 is 4.74 Å². The van der Waals surface area contributed by atoms with Crippen LogP contribution in [-0.4, -0.2) is 43.7 Å². The molecule has 0 bridgehead atoms. The largest absolute Gasteiger partial charge is 0.497 e. The smallest absolute Gasteiger partial charge is 0.119 e. The molecule has 0 radical (unpaired) electrons. The topological polar surface area (TPSA) is 24.5 Å². The Hall–Kier alpha value is -1.06. The van der Waals surface area contributed by atoms with E-state index in [2.05, 4.69) is 35.3 Å². The first-order valence-electron chi connectivity index (χ1n) is 8.37. The molecule has 3 nitrogen and oxygen atoms in total. The van der Waals surface area contributed by atoms with Gasteiger partial charge in [-0.1, -0.05) is 12.1 Å². The highest BCUT2D eigenvalue weighted by Gasteiger charge is 2.30. The third-order valence-electron chi connectivity index (χ3n) is 5.17. The first-order chi connectivity index (χ1) is 10.3. The Bertz CT molecular complexity index is 450. The summed E-state index contributed by atoms with van der Waals surface area (Å²) < 4.78 is 5.32. The molecule has 1 aliphatic heterocycles. The Morgan fingerprint density at radius 2 is 2.05 bits per heavy atom. The van der Waals surface area contributed by atoms with Crippen molar-refractivity contribution in [3.8, 4) is 5.75 Å². The zero-order valence-electron chi connectivity index (χ0n) is 13.3. The quantitative estimate of drug-likeness (QED) is 0.871. The van der Waals surface area contributed by atoms with Gasteiger partial charge in [0, 0.05) is 18.6 Å². The van der Waals surface area contributed by atoms with Crippen LogP contribution in [0.2, 0.25) is 0 Å². The fraction of sp³-hybridized carbons (Fsp3) is 0.667. The SMILES string of the molecule is COc1cccc(C2CC(NCC(C)N3CCCC3)C2)c1. The summed E-state index contributed by atoms with van der Waals surface area (Å²) in [5.74, 6) is 1.69. The molecular weight excluding hydrogens is 260 g/mol. The molecule has 1 unspecified atom stereocenters. The molecule has 116 valence electrons. The summed E-state index contributed by atoms with van der Waals surface area (Å²) in [5, 5.41) is 3.75. The normalized spacial score (nSPS) is 27.3. The lowest BCUT2D eigenvalue weighted by Crippen LogP contribution is -2.46. The van der Waals surface area contributed by atoms with E-state index in [0.29, 0.717) is 18.0 Å². The van der Waals surface area contributed by atoms with Gasteiger partial charge in [-0.3, -0.25) is 4.90 Å². The number of hydrogen-bond donors (Lipinski definition) is 1. The van der Waals surface area contributed by atoms with Gasteiger partial charge < -0.3 is 10.1 Å². The van der Waals surface area contributed by atoms with E-state index in [1.807, 2.05) is 6.07 Å². The molecule has 2 fully saturated rings. The van der Waals surface area contributed by atoms with Gasteiger partial charge in [0.05, 0.1) is 7.11 Å². The minimum Gasteiger partial charge on any atom is -0.497 e. The molecule has 3 rings (SSSR count). The predicted octanol–water partition coefficient (Wildman–Crippen LogP) is 3.02. The van der Waals surface area contributed by atoms with E-state index in [4.69, 9.17) is 4.74 Å². The molecular formula is C18H28N2O. The summed E-state index contributed by atoms with van der Waals surface area (Å²) in [6, 6.07) is 9.93. The number of benzene rings is 1. The van der Waals surface area contributed by atoms with E-state index in [0.717, 1.165) is 12.3 Å². The summed E-state index contributed by atoms with van der Waals surface area (Å²) in [6.07, 6.45) is 5.29. The van der Waals surface area contributed by atoms with Gasteiger partial charge in [0.2, 0.25) is 0 Å². The second kappa shape index (κ2) is 6.80. The standard InChI is InChI=1S/C18H28N2O/c1-14(20-8-3-4-9-20)13-19-17-10-16(11-17)15-6-5-7-18(12-15)21-2/h5-7,12,14,16-17,19H,3-4,8-11,13H2,1-2H3. The molecule has 1 atom stereocenters. The first kappa shape index (κ1) is 14.9. The van der Waals surface area contributed by atoms with Gasteiger partial charge in [0.1, 0.15) is 5.75 Å². The minimum atomic E-state index is 0.684. The molecule has 1 N–H and O–H groups in total. The Balaban J connectivity index is 1.41. The second-order valence-corrected chi connectivity index (χ2v) is 6.64. The molecule has 1 heterocycles. The fourth-order valence-electron chi connectivity index (χ4n) is 3.60. The van der Waals surface area contributed by atoms with E-state index in [1.165, 1.54) is 44.3 Å². The average Bonchev–Trinajstić information content (AvgIpc) is 3.00. The Labute approximate surface area is 128 Å². The van der Waals surface area contributed by atoms with Crippen molar-refractivity contribution in [1.82, 2.24) is 10.2 Å². The van der Waals surface area contributed by atoms with Crippen molar-refractivity contribution in [3.05, 3.63) is 29.8 Å². The van der Waals surface area contributed by atoms with Crippen molar-refractivity contribution in [2.45, 2.75) is 50.6 Å². The summed E-state index contributed by atoms with van der Waals surface area (Å²) >= 11 is 0. The molecule has 1 aromatic rings. The highest BCUT2D eigenvalue weighted by atomic mass is 16.5. The molecule has 1 saturated heterocycles. The molecule has 1 aromatic carbocycles. The highest BCUT2D eigenvalue weighted by Crippen LogP contribution is 2.37. The highest BCUT2D eigenvalue weighted by molar-refractivity contribution is 5.32. The summed E-state index contributed by atoms with van der Waals surface area (Å²) in [7, 11) is 1.74. The van der Waals surface area contributed by atoms with Crippen molar-refractivity contribution in [2.75, 3.05) is 26.7 Å². The Morgan fingerprint density at radius 3 is 2.76 bits per heavy atom. The van der Waals surface area contributed by atoms with Gasteiger partial charge in [-0.25, -0.2) is 0 Å². The Kier molecular flexibility index (Phi) is 4.81. The number of nitrogens with zero attached hydrogens (tertiary/aromatic N) is 1. The van der Waals surface area contributed by atoms with E-state index in [1.54, 1.807) is 7.11 Å². The maximum absolute atomic E-state index is 5.32. The molecule has 21 heavy (non-hydrogen) atoms. The van der Waals surface area contributed by atoms with Gasteiger partial charge in [0.15, 0.2) is 0 Å². The van der Waals surface area contributed by atoms with Crippen LogP contribution >= 0.6 is 0 Å². The van der Waals surface area contributed by atoms with Crippen LogP contribution in [0.1, 0.15) is 44.1 Å². The molecule has 0 aromatic heterocycles. The lowest BCUT2D eigenvalue weighted by atomic mass is 9.76. The van der Waals surface area contributed by atoms with E-state index in [-0.39, 0.29) is 0 Å². The van der Waals surface area contributed by atoms with Gasteiger partial charge in [-0.15, -0.1) is 0 Å². The number of ether oxygens (including phenoxy) is 1. The first-order valence-corrected chi connectivity index (χ1v) is 8.37. The van der Waals surface area contributed by atoms with E-state index >= 15 is 0 Å². The van der Waals surface area contributed by atoms with Crippen molar-refractivity contribution in [1.29, 1.82) is 0 Å². The monoisotopic (exact) mass is 288 g/mol. The van der Waals surface area contributed by atoms with Crippen molar-refractivity contribution in [3.63, 3.8) is 0 Å². The van der Waals surface area contributed by atoms with Crippen molar-refractivity contribution in [2.24, 2.45) is 0 Å². The average molecular weight is 288 g/mol. The summed E-state index contributed by atoms with van der Waals surface area (Å²) in [5.41, 5.74) is 1.43. The fourth-order valence-corrected chi connectivity index (χ4v) is 3.60. The van der Waals surface area contributed by atoms with Crippen LogP contribution < -0.4 is 10.1 Å². The van der Waals surface area contributed by atoms with Crippen LogP contribution in [0.4, 0.5) is 0 Å². The van der Waals surface area contributed by atoms with Crippen molar-refractivity contribution >= 4 is 0 Å². The maximum atomic E-state index is 5.32. The van der Waals surface area contributed by atoms with Crippen LogP contribution in [0.15, 0.2) is 24.3 Å². The predicted molar refractivity (Wildman–Crippen MR) is 87.0 cm³/mol. The number of rotatable bonds is 6. The summed E-state index contributed by atoms with van der Waals surface area (Å²) in [4.78, 5) is 2.62. The molecule has 0 spiro atoms. The number of methoxy groups -OCH3 is 1. The van der Waals surface area contributed by atoms with Crippen LogP contribution in [0.3, 0.4) is 0 Å². The van der Waals surface area contributed by atoms with E-state index < -0.39 is 0 Å². The molecule has 1 saturated carbocycles. The second-order valence-electron chi connectivity index (χ2n) is 6.64. The molecule has 0 amide bonds. The third kappa shape index (κ3) is 3.58. The molecule has 2 aliphatic rings. The third-order valence-corrected chi connectivity index (χ3v) is 5.17. The van der Waals surface area contributed by atoms with Gasteiger partial charge in [0.25, 0.3) is 0 Å². The molecule has 1 aliphatic carbocycles. The summed E-state index contributed by atoms with van der Waals surface area (Å²) in [6.45, 7) is 6.08. The zero-order chi connectivity index (χ0) is 14.7. The maximum Gasteiger partial charge on any atom is 0.119 e. The minimum absolute atomic E-state index is 0.684. The lowest BCUT2D eigenvalue weighted by Gasteiger charge is -2.38. The van der Waals surface area contributed by atoms with Crippen LogP contribution in [0.5, 0.6) is 5.75 Å². The van der Waals surface area contributed by atoms with Gasteiger partial charge in [-0.2, -0.15) is 0 Å². The van der Waals surface area contributed by atoms with Crippen LogP contribution in [0.25, 0.3) is 0 Å².